The number of carbonyl (C=O) groups is 1. The molecule has 7 nitrogen and oxygen atoms in total. The van der Waals surface area contributed by atoms with E-state index in [1.165, 1.54) is 44.1 Å². The lowest BCUT2D eigenvalue weighted by molar-refractivity contribution is -0.140. The van der Waals surface area contributed by atoms with E-state index in [2.05, 4.69) is 39.2 Å². The summed E-state index contributed by atoms with van der Waals surface area (Å²) in [6.45, 7) is 1.63. The van der Waals surface area contributed by atoms with E-state index in [4.69, 9.17) is 14.2 Å². The van der Waals surface area contributed by atoms with E-state index in [1.54, 1.807) is 0 Å². The van der Waals surface area contributed by atoms with Crippen LogP contribution in [-0.4, -0.2) is 40.7 Å². The third-order valence-electron chi connectivity index (χ3n) is 8.41. The molecular formula is C30H41N3O4. The number of hydrogen-bond donors (Lipinski definition) is 0. The van der Waals surface area contributed by atoms with Gasteiger partial charge in [-0.25, -0.2) is 0 Å². The average Bonchev–Trinajstić information content (AvgIpc) is 3.66. The van der Waals surface area contributed by atoms with Crippen LogP contribution in [0.3, 0.4) is 0 Å². The van der Waals surface area contributed by atoms with Crippen molar-refractivity contribution in [1.29, 1.82) is 0 Å². The van der Waals surface area contributed by atoms with E-state index in [0.29, 0.717) is 25.0 Å². The van der Waals surface area contributed by atoms with Crippen molar-refractivity contribution in [2.24, 2.45) is 11.8 Å². The van der Waals surface area contributed by atoms with Crippen LogP contribution in [-0.2, 0) is 9.53 Å². The first-order chi connectivity index (χ1) is 18.2. The fourth-order valence-corrected chi connectivity index (χ4v) is 6.28. The number of nitrogens with zero attached hydrogens (tertiary/aromatic N) is 3. The van der Waals surface area contributed by atoms with Crippen LogP contribution in [0.1, 0.15) is 107 Å². The molecule has 2 atom stereocenters. The molecule has 200 valence electrons. The summed E-state index contributed by atoms with van der Waals surface area (Å²) in [7, 11) is 0. The molecule has 1 aromatic carbocycles. The highest BCUT2D eigenvalue weighted by Gasteiger charge is 2.31. The van der Waals surface area contributed by atoms with E-state index >= 15 is 0 Å². The van der Waals surface area contributed by atoms with E-state index in [1.807, 2.05) is 6.07 Å². The lowest BCUT2D eigenvalue weighted by atomic mass is 9.78. The number of rotatable bonds is 11. The number of ether oxygens (including phenoxy) is 3. The average molecular weight is 508 g/mol. The number of esters is 1. The van der Waals surface area contributed by atoms with Crippen LogP contribution in [0.15, 0.2) is 30.3 Å². The van der Waals surface area contributed by atoms with Gasteiger partial charge in [-0.1, -0.05) is 75.3 Å². The monoisotopic (exact) mass is 507 g/mol. The minimum Gasteiger partial charge on any atom is -0.461 e. The van der Waals surface area contributed by atoms with Crippen molar-refractivity contribution in [3.8, 4) is 12.0 Å². The summed E-state index contributed by atoms with van der Waals surface area (Å²) >= 11 is 0. The standard InChI is InChI=1S/C30H41N3O4/c34-28(26-16-8-15-25(21-26)23-11-2-1-3-12-23)37-30-32-27(24-13-6-7-14-24)31-29(33-30)36-20-19-35-18-17-22-9-4-5-10-22/h1-3,11-12,22,24-26H,4-10,13-21H2. The van der Waals surface area contributed by atoms with Crippen molar-refractivity contribution in [2.75, 3.05) is 19.8 Å². The zero-order valence-electron chi connectivity index (χ0n) is 22.0. The van der Waals surface area contributed by atoms with Gasteiger partial charge in [0.05, 0.1) is 12.5 Å². The second-order valence-corrected chi connectivity index (χ2v) is 11.0. The van der Waals surface area contributed by atoms with E-state index in [9.17, 15) is 4.79 Å². The molecule has 0 aliphatic heterocycles. The Bertz CT molecular complexity index is 990. The molecular weight excluding hydrogens is 466 g/mol. The fourth-order valence-electron chi connectivity index (χ4n) is 6.28. The van der Waals surface area contributed by atoms with Crippen molar-refractivity contribution < 1.29 is 19.0 Å². The molecule has 5 rings (SSSR count). The number of hydrogen-bond acceptors (Lipinski definition) is 7. The maximum Gasteiger partial charge on any atom is 0.330 e. The molecule has 0 N–H and O–H groups in total. The molecule has 3 aliphatic carbocycles. The quantitative estimate of drug-likeness (QED) is 0.258. The molecule has 0 radical (unpaired) electrons. The molecule has 0 spiro atoms. The molecule has 3 aliphatic rings. The summed E-state index contributed by atoms with van der Waals surface area (Å²) in [5.74, 6) is 1.75. The largest absolute Gasteiger partial charge is 0.461 e. The van der Waals surface area contributed by atoms with Gasteiger partial charge in [0.2, 0.25) is 0 Å². The van der Waals surface area contributed by atoms with Gasteiger partial charge >= 0.3 is 18.0 Å². The van der Waals surface area contributed by atoms with E-state index in [0.717, 1.165) is 57.5 Å². The maximum absolute atomic E-state index is 13.1. The van der Waals surface area contributed by atoms with Gasteiger partial charge in [0.1, 0.15) is 12.4 Å². The minimum absolute atomic E-state index is 0.0703. The number of aromatic nitrogens is 3. The van der Waals surface area contributed by atoms with E-state index in [-0.39, 0.29) is 29.8 Å². The second-order valence-electron chi connectivity index (χ2n) is 11.0. The molecule has 3 saturated carbocycles. The predicted molar refractivity (Wildman–Crippen MR) is 141 cm³/mol. The van der Waals surface area contributed by atoms with Gasteiger partial charge in [0, 0.05) is 12.5 Å². The van der Waals surface area contributed by atoms with Crippen molar-refractivity contribution in [2.45, 2.75) is 95.3 Å². The molecule has 0 bridgehead atoms. The van der Waals surface area contributed by atoms with Crippen LogP contribution in [0, 0.1) is 11.8 Å². The molecule has 2 unspecified atom stereocenters. The van der Waals surface area contributed by atoms with Crippen molar-refractivity contribution in [1.82, 2.24) is 15.0 Å². The predicted octanol–water partition coefficient (Wildman–Crippen LogP) is 6.38. The first-order valence-corrected chi connectivity index (χ1v) is 14.5. The van der Waals surface area contributed by atoms with Crippen LogP contribution >= 0.6 is 0 Å². The van der Waals surface area contributed by atoms with Gasteiger partial charge in [-0.05, 0) is 55.9 Å². The highest BCUT2D eigenvalue weighted by Crippen LogP contribution is 2.37. The lowest BCUT2D eigenvalue weighted by Crippen LogP contribution is -2.27. The van der Waals surface area contributed by atoms with Gasteiger partial charge in [-0.15, -0.1) is 4.98 Å². The Hall–Kier alpha value is -2.54. The molecule has 0 amide bonds. The molecule has 37 heavy (non-hydrogen) atoms. The normalized spacial score (nSPS) is 22.8. The Morgan fingerprint density at radius 3 is 2.30 bits per heavy atom. The Kier molecular flexibility index (Phi) is 9.38. The van der Waals surface area contributed by atoms with Gasteiger partial charge in [0.25, 0.3) is 0 Å². The van der Waals surface area contributed by atoms with E-state index < -0.39 is 0 Å². The summed E-state index contributed by atoms with van der Waals surface area (Å²) in [6, 6.07) is 10.8. The SMILES string of the molecule is O=C(Oc1nc(OCCOCCC2CCCC2)nc(C2CCCC2)n1)C1CCCC(c2ccccc2)C1. The van der Waals surface area contributed by atoms with Crippen molar-refractivity contribution in [3.05, 3.63) is 41.7 Å². The zero-order valence-corrected chi connectivity index (χ0v) is 22.0. The Balaban J connectivity index is 1.17. The Morgan fingerprint density at radius 1 is 0.757 bits per heavy atom. The third kappa shape index (κ3) is 7.50. The second kappa shape index (κ2) is 13.3. The molecule has 1 heterocycles. The van der Waals surface area contributed by atoms with Crippen molar-refractivity contribution in [3.63, 3.8) is 0 Å². The van der Waals surface area contributed by atoms with Gasteiger partial charge in [-0.3, -0.25) is 4.79 Å². The number of carbonyl (C=O) groups excluding carboxylic acids is 1. The highest BCUT2D eigenvalue weighted by molar-refractivity contribution is 5.74. The summed E-state index contributed by atoms with van der Waals surface area (Å²) < 4.78 is 17.4. The van der Waals surface area contributed by atoms with Crippen LogP contribution in [0.5, 0.6) is 12.0 Å². The third-order valence-corrected chi connectivity index (χ3v) is 8.41. The zero-order chi connectivity index (χ0) is 25.3. The Labute approximate surface area is 220 Å². The highest BCUT2D eigenvalue weighted by atomic mass is 16.6. The Morgan fingerprint density at radius 2 is 1.49 bits per heavy atom. The first-order valence-electron chi connectivity index (χ1n) is 14.5. The van der Waals surface area contributed by atoms with Crippen LogP contribution in [0.4, 0.5) is 0 Å². The van der Waals surface area contributed by atoms with Gasteiger partial charge < -0.3 is 14.2 Å². The van der Waals surface area contributed by atoms with Gasteiger partial charge in [-0.2, -0.15) is 9.97 Å². The molecule has 0 saturated heterocycles. The smallest absolute Gasteiger partial charge is 0.330 e. The molecule has 3 fully saturated rings. The number of benzene rings is 1. The maximum atomic E-state index is 13.1. The van der Waals surface area contributed by atoms with Gasteiger partial charge in [0.15, 0.2) is 0 Å². The molecule has 1 aromatic heterocycles. The van der Waals surface area contributed by atoms with Crippen LogP contribution < -0.4 is 9.47 Å². The summed E-state index contributed by atoms with van der Waals surface area (Å²) in [4.78, 5) is 26.6. The minimum atomic E-state index is -0.245. The summed E-state index contributed by atoms with van der Waals surface area (Å²) in [6.07, 6.45) is 14.7. The fraction of sp³-hybridized carbons (Fsp3) is 0.667. The van der Waals surface area contributed by atoms with Crippen LogP contribution in [0.2, 0.25) is 0 Å². The summed E-state index contributed by atoms with van der Waals surface area (Å²) in [5, 5.41) is 0. The summed E-state index contributed by atoms with van der Waals surface area (Å²) in [5.41, 5.74) is 1.30. The first kappa shape index (κ1) is 26.1. The van der Waals surface area contributed by atoms with Crippen LogP contribution in [0.25, 0.3) is 0 Å². The molecule has 2 aromatic rings. The van der Waals surface area contributed by atoms with Crippen molar-refractivity contribution >= 4 is 5.97 Å². The topological polar surface area (TPSA) is 83.4 Å². The molecule has 7 heteroatoms. The lowest BCUT2D eigenvalue weighted by Gasteiger charge is -2.27.